The molecule has 1 aromatic heterocycles. The standard InChI is InChI=1S/C8H13N3O/c9-4-3-6-7(5-1-2-5)11-8(12)10-6/h5H,1-4,9H2,(H2,10,11,12). The summed E-state index contributed by atoms with van der Waals surface area (Å²) in [7, 11) is 0. The van der Waals surface area contributed by atoms with Crippen molar-refractivity contribution in [2.45, 2.75) is 25.2 Å². The van der Waals surface area contributed by atoms with Gasteiger partial charge in [-0.15, -0.1) is 0 Å². The minimum absolute atomic E-state index is 0.0969. The Hall–Kier alpha value is -1.03. The fourth-order valence-corrected chi connectivity index (χ4v) is 1.50. The Bertz CT molecular complexity index is 321. The molecule has 1 heterocycles. The van der Waals surface area contributed by atoms with E-state index in [-0.39, 0.29) is 5.69 Å². The minimum Gasteiger partial charge on any atom is -0.330 e. The van der Waals surface area contributed by atoms with E-state index in [1.165, 1.54) is 12.8 Å². The SMILES string of the molecule is NCCc1[nH]c(=O)[nH]c1C1CC1. The van der Waals surface area contributed by atoms with Crippen molar-refractivity contribution in [2.75, 3.05) is 6.54 Å². The average Bonchev–Trinajstić information content (AvgIpc) is 2.79. The first-order chi connectivity index (χ1) is 5.81. The number of imidazole rings is 1. The average molecular weight is 167 g/mol. The number of H-pyrrole nitrogens is 2. The Morgan fingerprint density at radius 2 is 2.17 bits per heavy atom. The van der Waals surface area contributed by atoms with Crippen molar-refractivity contribution in [3.05, 3.63) is 21.9 Å². The second-order valence-electron chi connectivity index (χ2n) is 3.28. The van der Waals surface area contributed by atoms with Gasteiger partial charge in [0.25, 0.3) is 0 Å². The third-order valence-electron chi connectivity index (χ3n) is 2.22. The van der Waals surface area contributed by atoms with Crippen molar-refractivity contribution < 1.29 is 0 Å². The van der Waals surface area contributed by atoms with Gasteiger partial charge in [0, 0.05) is 23.7 Å². The fourth-order valence-electron chi connectivity index (χ4n) is 1.50. The van der Waals surface area contributed by atoms with Gasteiger partial charge < -0.3 is 15.7 Å². The molecule has 1 aliphatic carbocycles. The van der Waals surface area contributed by atoms with Crippen molar-refractivity contribution in [1.82, 2.24) is 9.97 Å². The van der Waals surface area contributed by atoms with E-state index in [0.717, 1.165) is 17.8 Å². The van der Waals surface area contributed by atoms with Crippen LogP contribution in [0, 0.1) is 0 Å². The van der Waals surface area contributed by atoms with Crippen molar-refractivity contribution >= 4 is 0 Å². The van der Waals surface area contributed by atoms with Crippen molar-refractivity contribution in [2.24, 2.45) is 5.73 Å². The molecule has 4 heteroatoms. The van der Waals surface area contributed by atoms with Gasteiger partial charge in [0.15, 0.2) is 0 Å². The van der Waals surface area contributed by atoms with Crippen LogP contribution in [-0.2, 0) is 6.42 Å². The number of aromatic nitrogens is 2. The molecular formula is C8H13N3O. The van der Waals surface area contributed by atoms with Gasteiger partial charge in [0.05, 0.1) is 0 Å². The van der Waals surface area contributed by atoms with Crippen molar-refractivity contribution in [1.29, 1.82) is 0 Å². The number of nitrogens with two attached hydrogens (primary N) is 1. The van der Waals surface area contributed by atoms with Crippen LogP contribution in [-0.4, -0.2) is 16.5 Å². The number of hydrogen-bond donors (Lipinski definition) is 3. The third kappa shape index (κ3) is 1.30. The molecule has 1 saturated carbocycles. The van der Waals surface area contributed by atoms with Gasteiger partial charge in [0.2, 0.25) is 0 Å². The van der Waals surface area contributed by atoms with Crippen LogP contribution in [0.5, 0.6) is 0 Å². The van der Waals surface area contributed by atoms with E-state index < -0.39 is 0 Å². The van der Waals surface area contributed by atoms with E-state index >= 15 is 0 Å². The Kier molecular flexibility index (Phi) is 1.77. The van der Waals surface area contributed by atoms with Gasteiger partial charge in [-0.25, -0.2) is 4.79 Å². The smallest absolute Gasteiger partial charge is 0.323 e. The van der Waals surface area contributed by atoms with E-state index in [2.05, 4.69) is 9.97 Å². The lowest BCUT2D eigenvalue weighted by molar-refractivity contribution is 0.898. The van der Waals surface area contributed by atoms with E-state index in [1.807, 2.05) is 0 Å². The van der Waals surface area contributed by atoms with Crippen LogP contribution >= 0.6 is 0 Å². The van der Waals surface area contributed by atoms with Gasteiger partial charge in [-0.2, -0.15) is 0 Å². The van der Waals surface area contributed by atoms with Crippen LogP contribution in [0.15, 0.2) is 4.79 Å². The Labute approximate surface area is 70.2 Å². The van der Waals surface area contributed by atoms with Crippen LogP contribution in [0.4, 0.5) is 0 Å². The molecule has 0 aromatic carbocycles. The summed E-state index contributed by atoms with van der Waals surface area (Å²) in [6.07, 6.45) is 3.17. The first-order valence-corrected chi connectivity index (χ1v) is 4.32. The van der Waals surface area contributed by atoms with Crippen LogP contribution in [0.1, 0.15) is 30.1 Å². The molecular weight excluding hydrogens is 154 g/mol. The zero-order valence-electron chi connectivity index (χ0n) is 6.89. The van der Waals surface area contributed by atoms with Gasteiger partial charge in [-0.05, 0) is 19.4 Å². The molecule has 0 radical (unpaired) electrons. The summed E-state index contributed by atoms with van der Waals surface area (Å²) in [5.41, 5.74) is 7.42. The molecule has 1 aliphatic rings. The second-order valence-corrected chi connectivity index (χ2v) is 3.28. The molecule has 12 heavy (non-hydrogen) atoms. The summed E-state index contributed by atoms with van der Waals surface area (Å²) >= 11 is 0. The summed E-state index contributed by atoms with van der Waals surface area (Å²) in [6, 6.07) is 0. The summed E-state index contributed by atoms with van der Waals surface area (Å²) in [4.78, 5) is 16.6. The summed E-state index contributed by atoms with van der Waals surface area (Å²) in [6.45, 7) is 0.591. The Morgan fingerprint density at radius 3 is 2.75 bits per heavy atom. The zero-order valence-corrected chi connectivity index (χ0v) is 6.89. The highest BCUT2D eigenvalue weighted by Crippen LogP contribution is 2.39. The monoisotopic (exact) mass is 167 g/mol. The molecule has 2 rings (SSSR count). The summed E-state index contributed by atoms with van der Waals surface area (Å²) < 4.78 is 0. The van der Waals surface area contributed by atoms with Gasteiger partial charge in [0.1, 0.15) is 0 Å². The van der Waals surface area contributed by atoms with Gasteiger partial charge in [-0.3, -0.25) is 0 Å². The largest absolute Gasteiger partial charge is 0.330 e. The van der Waals surface area contributed by atoms with E-state index in [9.17, 15) is 4.79 Å². The van der Waals surface area contributed by atoms with Crippen LogP contribution < -0.4 is 11.4 Å². The Morgan fingerprint density at radius 1 is 1.42 bits per heavy atom. The highest BCUT2D eigenvalue weighted by Gasteiger charge is 2.27. The zero-order chi connectivity index (χ0) is 8.55. The van der Waals surface area contributed by atoms with E-state index in [4.69, 9.17) is 5.73 Å². The topological polar surface area (TPSA) is 74.7 Å². The molecule has 0 bridgehead atoms. The van der Waals surface area contributed by atoms with Crippen LogP contribution in [0.3, 0.4) is 0 Å². The molecule has 4 N–H and O–H groups in total. The third-order valence-corrected chi connectivity index (χ3v) is 2.22. The number of rotatable bonds is 3. The highest BCUT2D eigenvalue weighted by molar-refractivity contribution is 5.20. The molecule has 1 fully saturated rings. The van der Waals surface area contributed by atoms with E-state index in [1.54, 1.807) is 0 Å². The normalized spacial score (nSPS) is 16.8. The molecule has 0 saturated heterocycles. The minimum atomic E-state index is -0.0969. The van der Waals surface area contributed by atoms with Crippen LogP contribution in [0.2, 0.25) is 0 Å². The molecule has 0 unspecified atom stereocenters. The highest BCUT2D eigenvalue weighted by atomic mass is 16.1. The maximum atomic E-state index is 11.0. The number of hydrogen-bond acceptors (Lipinski definition) is 2. The van der Waals surface area contributed by atoms with Crippen molar-refractivity contribution in [3.63, 3.8) is 0 Å². The second kappa shape index (κ2) is 2.79. The maximum absolute atomic E-state index is 11.0. The number of nitrogens with one attached hydrogen (secondary N) is 2. The molecule has 4 nitrogen and oxygen atoms in total. The molecule has 1 aromatic rings. The lowest BCUT2D eigenvalue weighted by Gasteiger charge is -1.97. The van der Waals surface area contributed by atoms with Crippen LogP contribution in [0.25, 0.3) is 0 Å². The lowest BCUT2D eigenvalue weighted by atomic mass is 10.2. The van der Waals surface area contributed by atoms with Gasteiger partial charge >= 0.3 is 5.69 Å². The number of aromatic amines is 2. The Balaban J connectivity index is 2.30. The summed E-state index contributed by atoms with van der Waals surface area (Å²) in [5.74, 6) is 0.588. The first kappa shape index (κ1) is 7.61. The summed E-state index contributed by atoms with van der Waals surface area (Å²) in [5, 5.41) is 0. The molecule has 0 aliphatic heterocycles. The quantitative estimate of drug-likeness (QED) is 0.596. The molecule has 66 valence electrons. The molecule has 0 atom stereocenters. The maximum Gasteiger partial charge on any atom is 0.323 e. The predicted octanol–water partition coefficient (Wildman–Crippen LogP) is 0.0816. The van der Waals surface area contributed by atoms with Gasteiger partial charge in [-0.1, -0.05) is 0 Å². The predicted molar refractivity (Wildman–Crippen MR) is 46.1 cm³/mol. The first-order valence-electron chi connectivity index (χ1n) is 4.32. The van der Waals surface area contributed by atoms with E-state index in [0.29, 0.717) is 12.5 Å². The molecule has 0 amide bonds. The fraction of sp³-hybridized carbons (Fsp3) is 0.625. The van der Waals surface area contributed by atoms with Crippen molar-refractivity contribution in [3.8, 4) is 0 Å². The molecule has 0 spiro atoms. The lowest BCUT2D eigenvalue weighted by Crippen LogP contribution is -2.06.